The number of rotatable bonds is 7. The SMILES string of the molecule is O=C(CCNCCCn1ccnc1)N1CCOCC1. The van der Waals surface area contributed by atoms with Crippen LogP contribution in [0.3, 0.4) is 0 Å². The second-order valence-corrected chi connectivity index (χ2v) is 4.65. The van der Waals surface area contributed by atoms with Crippen molar-refractivity contribution in [1.29, 1.82) is 0 Å². The van der Waals surface area contributed by atoms with Crippen LogP contribution >= 0.6 is 0 Å². The highest BCUT2D eigenvalue weighted by Crippen LogP contribution is 1.99. The van der Waals surface area contributed by atoms with Crippen molar-refractivity contribution in [3.8, 4) is 0 Å². The average Bonchev–Trinajstić information content (AvgIpc) is 2.96. The van der Waals surface area contributed by atoms with Crippen molar-refractivity contribution >= 4 is 5.91 Å². The number of hydrogen-bond donors (Lipinski definition) is 1. The maximum absolute atomic E-state index is 11.8. The molecule has 1 N–H and O–H groups in total. The molecule has 106 valence electrons. The van der Waals surface area contributed by atoms with Gasteiger partial charge in [0.1, 0.15) is 0 Å². The summed E-state index contributed by atoms with van der Waals surface area (Å²) < 4.78 is 7.28. The quantitative estimate of drug-likeness (QED) is 0.712. The number of amides is 1. The Labute approximate surface area is 113 Å². The Morgan fingerprint density at radius 1 is 1.32 bits per heavy atom. The van der Waals surface area contributed by atoms with E-state index >= 15 is 0 Å². The molecule has 6 nitrogen and oxygen atoms in total. The smallest absolute Gasteiger partial charge is 0.224 e. The van der Waals surface area contributed by atoms with Crippen molar-refractivity contribution in [1.82, 2.24) is 19.8 Å². The number of aromatic nitrogens is 2. The van der Waals surface area contributed by atoms with Crippen molar-refractivity contribution in [2.24, 2.45) is 0 Å². The topological polar surface area (TPSA) is 59.4 Å². The third-order valence-corrected chi connectivity index (χ3v) is 3.21. The third-order valence-electron chi connectivity index (χ3n) is 3.21. The van der Waals surface area contributed by atoms with Gasteiger partial charge in [-0.25, -0.2) is 4.98 Å². The van der Waals surface area contributed by atoms with Gasteiger partial charge in [-0.05, 0) is 13.0 Å². The van der Waals surface area contributed by atoms with Crippen LogP contribution in [-0.4, -0.2) is 59.8 Å². The summed E-state index contributed by atoms with van der Waals surface area (Å²) in [4.78, 5) is 17.7. The normalized spacial score (nSPS) is 15.7. The second-order valence-electron chi connectivity index (χ2n) is 4.65. The number of carbonyl (C=O) groups is 1. The highest BCUT2D eigenvalue weighted by molar-refractivity contribution is 5.76. The van der Waals surface area contributed by atoms with Crippen molar-refractivity contribution in [2.75, 3.05) is 39.4 Å². The van der Waals surface area contributed by atoms with Crippen molar-refractivity contribution in [3.05, 3.63) is 18.7 Å². The first-order valence-corrected chi connectivity index (χ1v) is 6.88. The van der Waals surface area contributed by atoms with Gasteiger partial charge in [-0.3, -0.25) is 4.79 Å². The maximum atomic E-state index is 11.8. The Morgan fingerprint density at radius 2 is 2.16 bits per heavy atom. The molecule has 0 spiro atoms. The molecule has 2 rings (SSSR count). The summed E-state index contributed by atoms with van der Waals surface area (Å²) in [7, 11) is 0. The molecule has 19 heavy (non-hydrogen) atoms. The largest absolute Gasteiger partial charge is 0.378 e. The van der Waals surface area contributed by atoms with Crippen LogP contribution in [0.4, 0.5) is 0 Å². The Morgan fingerprint density at radius 3 is 2.89 bits per heavy atom. The number of aryl methyl sites for hydroxylation is 1. The molecule has 0 aromatic carbocycles. The molecule has 2 heterocycles. The fraction of sp³-hybridized carbons (Fsp3) is 0.692. The van der Waals surface area contributed by atoms with E-state index in [0.29, 0.717) is 19.6 Å². The predicted octanol–water partition coefficient (Wildman–Crippen LogP) is 0.112. The van der Waals surface area contributed by atoms with Crippen LogP contribution in [0.2, 0.25) is 0 Å². The van der Waals surface area contributed by atoms with Gasteiger partial charge < -0.3 is 19.5 Å². The average molecular weight is 266 g/mol. The number of nitrogens with one attached hydrogen (secondary N) is 1. The van der Waals surface area contributed by atoms with Gasteiger partial charge in [0.2, 0.25) is 5.91 Å². The molecular formula is C13H22N4O2. The molecule has 1 aliphatic rings. The van der Waals surface area contributed by atoms with E-state index in [-0.39, 0.29) is 5.91 Å². The fourth-order valence-corrected chi connectivity index (χ4v) is 2.10. The molecule has 1 aliphatic heterocycles. The molecule has 1 aromatic heterocycles. The molecular weight excluding hydrogens is 244 g/mol. The van der Waals surface area contributed by atoms with E-state index in [9.17, 15) is 4.79 Å². The van der Waals surface area contributed by atoms with Gasteiger partial charge in [0.05, 0.1) is 19.5 Å². The lowest BCUT2D eigenvalue weighted by Crippen LogP contribution is -2.41. The summed E-state index contributed by atoms with van der Waals surface area (Å²) in [6.45, 7) is 5.45. The van der Waals surface area contributed by atoms with Gasteiger partial charge in [0, 0.05) is 45.0 Å². The molecule has 0 bridgehead atoms. The van der Waals surface area contributed by atoms with Crippen molar-refractivity contribution in [3.63, 3.8) is 0 Å². The molecule has 1 amide bonds. The van der Waals surface area contributed by atoms with E-state index in [1.54, 1.807) is 6.20 Å². The lowest BCUT2D eigenvalue weighted by molar-refractivity contribution is -0.135. The number of ether oxygens (including phenoxy) is 1. The zero-order chi connectivity index (χ0) is 13.3. The standard InChI is InChI=1S/C13H22N4O2/c18-13(17-8-10-19-11-9-17)2-4-14-3-1-6-16-7-5-15-12-16/h5,7,12,14H,1-4,6,8-11H2. The van der Waals surface area contributed by atoms with E-state index in [1.807, 2.05) is 17.4 Å². The van der Waals surface area contributed by atoms with Crippen LogP contribution in [0.1, 0.15) is 12.8 Å². The van der Waals surface area contributed by atoms with Crippen LogP contribution in [0, 0.1) is 0 Å². The van der Waals surface area contributed by atoms with Crippen LogP contribution in [0.15, 0.2) is 18.7 Å². The van der Waals surface area contributed by atoms with E-state index in [2.05, 4.69) is 14.9 Å². The zero-order valence-corrected chi connectivity index (χ0v) is 11.3. The first-order chi connectivity index (χ1) is 9.36. The van der Waals surface area contributed by atoms with Crippen LogP contribution in [0.25, 0.3) is 0 Å². The highest BCUT2D eigenvalue weighted by Gasteiger charge is 2.15. The Balaban J connectivity index is 1.48. The minimum absolute atomic E-state index is 0.227. The van der Waals surface area contributed by atoms with Crippen LogP contribution in [-0.2, 0) is 16.1 Å². The molecule has 0 atom stereocenters. The first kappa shape index (κ1) is 14.0. The summed E-state index contributed by atoms with van der Waals surface area (Å²) in [6, 6.07) is 0. The number of hydrogen-bond acceptors (Lipinski definition) is 4. The predicted molar refractivity (Wildman–Crippen MR) is 71.7 cm³/mol. The molecule has 1 saturated heterocycles. The van der Waals surface area contributed by atoms with Gasteiger partial charge in [-0.15, -0.1) is 0 Å². The fourth-order valence-electron chi connectivity index (χ4n) is 2.10. The van der Waals surface area contributed by atoms with Gasteiger partial charge >= 0.3 is 0 Å². The zero-order valence-electron chi connectivity index (χ0n) is 11.3. The number of morpholine rings is 1. The second kappa shape index (κ2) is 7.91. The summed E-state index contributed by atoms with van der Waals surface area (Å²) in [5.41, 5.74) is 0. The minimum atomic E-state index is 0.227. The summed E-state index contributed by atoms with van der Waals surface area (Å²) in [6.07, 6.45) is 7.19. The van der Waals surface area contributed by atoms with E-state index in [4.69, 9.17) is 4.74 Å². The van der Waals surface area contributed by atoms with Gasteiger partial charge in [0.25, 0.3) is 0 Å². The lowest BCUT2D eigenvalue weighted by Gasteiger charge is -2.26. The summed E-state index contributed by atoms with van der Waals surface area (Å²) in [5, 5.41) is 3.31. The van der Waals surface area contributed by atoms with Crippen LogP contribution < -0.4 is 5.32 Å². The molecule has 6 heteroatoms. The maximum Gasteiger partial charge on any atom is 0.224 e. The molecule has 1 aromatic rings. The van der Waals surface area contributed by atoms with E-state index in [0.717, 1.165) is 39.1 Å². The van der Waals surface area contributed by atoms with Gasteiger partial charge in [-0.1, -0.05) is 0 Å². The third kappa shape index (κ3) is 5.00. The minimum Gasteiger partial charge on any atom is -0.378 e. The number of imidazole rings is 1. The van der Waals surface area contributed by atoms with Crippen LogP contribution in [0.5, 0.6) is 0 Å². The highest BCUT2D eigenvalue weighted by atomic mass is 16.5. The number of carbonyl (C=O) groups excluding carboxylic acids is 1. The van der Waals surface area contributed by atoms with Crippen molar-refractivity contribution in [2.45, 2.75) is 19.4 Å². The summed E-state index contributed by atoms with van der Waals surface area (Å²) >= 11 is 0. The summed E-state index contributed by atoms with van der Waals surface area (Å²) in [5.74, 6) is 0.227. The molecule has 0 saturated carbocycles. The van der Waals surface area contributed by atoms with Gasteiger partial charge in [-0.2, -0.15) is 0 Å². The Hall–Kier alpha value is -1.40. The van der Waals surface area contributed by atoms with Gasteiger partial charge in [0.15, 0.2) is 0 Å². The Bertz CT molecular complexity index is 361. The molecule has 0 aliphatic carbocycles. The number of nitrogens with zero attached hydrogens (tertiary/aromatic N) is 3. The van der Waals surface area contributed by atoms with E-state index < -0.39 is 0 Å². The monoisotopic (exact) mass is 266 g/mol. The molecule has 0 radical (unpaired) electrons. The Kier molecular flexibility index (Phi) is 5.84. The van der Waals surface area contributed by atoms with Crippen molar-refractivity contribution < 1.29 is 9.53 Å². The molecule has 0 unspecified atom stereocenters. The first-order valence-electron chi connectivity index (χ1n) is 6.88. The van der Waals surface area contributed by atoms with E-state index in [1.165, 1.54) is 0 Å². The lowest BCUT2D eigenvalue weighted by atomic mass is 10.3. The molecule has 1 fully saturated rings.